The van der Waals surface area contributed by atoms with E-state index < -0.39 is 0 Å². The van der Waals surface area contributed by atoms with Gasteiger partial charge in [-0.25, -0.2) is 4.98 Å². The van der Waals surface area contributed by atoms with Crippen molar-refractivity contribution in [1.82, 2.24) is 19.9 Å². The van der Waals surface area contributed by atoms with E-state index in [2.05, 4.69) is 46.2 Å². The number of rotatable bonds is 6. The number of aromatic nitrogens is 3. The van der Waals surface area contributed by atoms with E-state index in [4.69, 9.17) is 9.72 Å². The lowest BCUT2D eigenvalue weighted by Crippen LogP contribution is -2.18. The zero-order valence-electron chi connectivity index (χ0n) is 17.1. The van der Waals surface area contributed by atoms with Crippen molar-refractivity contribution in [2.75, 3.05) is 12.4 Å². The van der Waals surface area contributed by atoms with Gasteiger partial charge in [0.25, 0.3) is 5.91 Å². The zero-order valence-corrected chi connectivity index (χ0v) is 17.1. The van der Waals surface area contributed by atoms with Crippen LogP contribution >= 0.6 is 0 Å². The van der Waals surface area contributed by atoms with Crippen LogP contribution in [0.5, 0.6) is 11.5 Å². The van der Waals surface area contributed by atoms with Crippen molar-refractivity contribution in [3.63, 3.8) is 0 Å². The summed E-state index contributed by atoms with van der Waals surface area (Å²) >= 11 is 0. The number of amides is 1. The van der Waals surface area contributed by atoms with E-state index in [1.165, 1.54) is 5.56 Å². The third-order valence-corrected chi connectivity index (χ3v) is 4.77. The molecule has 2 N–H and O–H groups in total. The van der Waals surface area contributed by atoms with Gasteiger partial charge in [0, 0.05) is 37.6 Å². The molecule has 0 atom stereocenters. The Kier molecular flexibility index (Phi) is 5.34. The molecule has 0 spiro atoms. The Bertz CT molecular complexity index is 1200. The topological polar surface area (TPSA) is 81.1 Å². The number of nitrogens with one attached hydrogen (secondary N) is 2. The molecule has 0 saturated carbocycles. The number of fused-ring (bicyclic) bond motifs is 1. The van der Waals surface area contributed by atoms with Gasteiger partial charge in [0.1, 0.15) is 17.2 Å². The Morgan fingerprint density at radius 2 is 1.83 bits per heavy atom. The molecule has 152 valence electrons. The molecule has 7 heteroatoms. The average Bonchev–Trinajstić information content (AvgIpc) is 3.11. The highest BCUT2D eigenvalue weighted by atomic mass is 16.5. The summed E-state index contributed by atoms with van der Waals surface area (Å²) < 4.78 is 8.07. The van der Waals surface area contributed by atoms with E-state index >= 15 is 0 Å². The number of nitrogens with zero attached hydrogens (tertiary/aromatic N) is 3. The number of imidazole rings is 1. The van der Waals surface area contributed by atoms with Crippen molar-refractivity contribution in [2.24, 2.45) is 0 Å². The van der Waals surface area contributed by atoms with Crippen molar-refractivity contribution < 1.29 is 9.53 Å². The molecule has 2 aromatic heterocycles. The van der Waals surface area contributed by atoms with Gasteiger partial charge >= 0.3 is 0 Å². The third kappa shape index (κ3) is 3.96. The summed E-state index contributed by atoms with van der Waals surface area (Å²) in [6.45, 7) is 4.93. The fourth-order valence-electron chi connectivity index (χ4n) is 3.22. The smallest absolute Gasteiger partial charge is 0.269 e. The van der Waals surface area contributed by atoms with Gasteiger partial charge in [0.05, 0.1) is 11.0 Å². The molecule has 0 aliphatic carbocycles. The minimum Gasteiger partial charge on any atom is -0.457 e. The van der Waals surface area contributed by atoms with E-state index in [0.717, 1.165) is 29.2 Å². The Morgan fingerprint density at radius 1 is 1.07 bits per heavy atom. The monoisotopic (exact) mass is 401 g/mol. The lowest BCUT2D eigenvalue weighted by Gasteiger charge is -2.09. The molecule has 0 bridgehead atoms. The minimum atomic E-state index is -0.260. The summed E-state index contributed by atoms with van der Waals surface area (Å²) in [6, 6.07) is 17.3. The second kappa shape index (κ2) is 8.24. The van der Waals surface area contributed by atoms with E-state index in [1.807, 2.05) is 30.3 Å². The van der Waals surface area contributed by atoms with Gasteiger partial charge in [-0.2, -0.15) is 0 Å². The quantitative estimate of drug-likeness (QED) is 0.491. The number of benzene rings is 2. The predicted molar refractivity (Wildman–Crippen MR) is 118 cm³/mol. The highest BCUT2D eigenvalue weighted by Crippen LogP contribution is 2.29. The number of aryl methyl sites for hydroxylation is 2. The van der Waals surface area contributed by atoms with Crippen molar-refractivity contribution in [3.8, 4) is 11.5 Å². The van der Waals surface area contributed by atoms with E-state index in [1.54, 1.807) is 25.4 Å². The van der Waals surface area contributed by atoms with Crippen LogP contribution in [0.1, 0.15) is 23.0 Å². The predicted octanol–water partition coefficient (Wildman–Crippen LogP) is 4.66. The highest BCUT2D eigenvalue weighted by molar-refractivity contribution is 5.92. The third-order valence-electron chi connectivity index (χ3n) is 4.77. The first kappa shape index (κ1) is 19.4. The average molecular weight is 401 g/mol. The maximum Gasteiger partial charge on any atom is 0.269 e. The minimum absolute atomic E-state index is 0.260. The zero-order chi connectivity index (χ0) is 21.1. The number of carbonyl (C=O) groups excluding carboxylic acids is 1. The second-order valence-corrected chi connectivity index (χ2v) is 6.88. The van der Waals surface area contributed by atoms with Crippen molar-refractivity contribution in [1.29, 1.82) is 0 Å². The van der Waals surface area contributed by atoms with Crippen LogP contribution in [0.25, 0.3) is 11.0 Å². The van der Waals surface area contributed by atoms with Crippen molar-refractivity contribution in [3.05, 3.63) is 72.1 Å². The van der Waals surface area contributed by atoms with Crippen LogP contribution in [0, 0.1) is 6.92 Å². The van der Waals surface area contributed by atoms with Crippen molar-refractivity contribution in [2.45, 2.75) is 20.4 Å². The fraction of sp³-hybridized carbons (Fsp3) is 0.174. The number of carbonyl (C=O) groups is 1. The lowest BCUT2D eigenvalue weighted by molar-refractivity contribution is 0.0958. The Hall–Kier alpha value is -3.87. The number of hydrogen-bond donors (Lipinski definition) is 2. The maximum atomic E-state index is 11.8. The molecular weight excluding hydrogens is 378 g/mol. The van der Waals surface area contributed by atoms with E-state index in [9.17, 15) is 4.79 Å². The van der Waals surface area contributed by atoms with Gasteiger partial charge in [-0.3, -0.25) is 9.78 Å². The number of ether oxygens (including phenoxy) is 1. The molecule has 4 aromatic rings. The highest BCUT2D eigenvalue weighted by Gasteiger charge is 2.12. The summed E-state index contributed by atoms with van der Waals surface area (Å²) in [5, 5.41) is 5.95. The SMILES string of the molecule is CCn1c(Nc2ccc(C)cc2)nc2cc(Oc3ccnc(C(=O)NC)c3)ccc21. The number of pyridine rings is 1. The van der Waals surface area contributed by atoms with Crippen LogP contribution in [0.4, 0.5) is 11.6 Å². The maximum absolute atomic E-state index is 11.8. The number of anilines is 2. The van der Waals surface area contributed by atoms with Crippen LogP contribution in [0.15, 0.2) is 60.8 Å². The molecule has 0 unspecified atom stereocenters. The Balaban J connectivity index is 1.63. The molecule has 0 fully saturated rings. The van der Waals surface area contributed by atoms with Crippen molar-refractivity contribution >= 4 is 28.6 Å². The molecule has 2 aromatic carbocycles. The molecule has 30 heavy (non-hydrogen) atoms. The molecule has 7 nitrogen and oxygen atoms in total. The fourth-order valence-corrected chi connectivity index (χ4v) is 3.22. The summed E-state index contributed by atoms with van der Waals surface area (Å²) in [5.41, 5.74) is 4.34. The van der Waals surface area contributed by atoms with Gasteiger partial charge in [0.15, 0.2) is 0 Å². The summed E-state index contributed by atoms with van der Waals surface area (Å²) in [4.78, 5) is 20.6. The largest absolute Gasteiger partial charge is 0.457 e. The standard InChI is InChI=1S/C23H23N5O2/c1-4-28-21-10-9-17(30-18-11-12-25-20(14-18)22(29)24-3)13-19(21)27-23(28)26-16-7-5-15(2)6-8-16/h5-14H,4H2,1-3H3,(H,24,29)(H,26,27). The van der Waals surface area contributed by atoms with Gasteiger partial charge in [-0.15, -0.1) is 0 Å². The molecular formula is C23H23N5O2. The molecule has 0 radical (unpaired) electrons. The summed E-state index contributed by atoms with van der Waals surface area (Å²) in [5.74, 6) is 1.69. The van der Waals surface area contributed by atoms with Gasteiger partial charge < -0.3 is 19.9 Å². The van der Waals surface area contributed by atoms with Crippen LogP contribution in [0.2, 0.25) is 0 Å². The van der Waals surface area contributed by atoms with Crippen LogP contribution < -0.4 is 15.4 Å². The first-order valence-electron chi connectivity index (χ1n) is 9.77. The summed E-state index contributed by atoms with van der Waals surface area (Å²) in [7, 11) is 1.57. The first-order valence-corrected chi connectivity index (χ1v) is 9.77. The van der Waals surface area contributed by atoms with Gasteiger partial charge in [0.2, 0.25) is 5.95 Å². The van der Waals surface area contributed by atoms with Crippen LogP contribution in [-0.2, 0) is 6.54 Å². The molecule has 0 saturated heterocycles. The molecule has 0 aliphatic heterocycles. The number of hydrogen-bond acceptors (Lipinski definition) is 5. The van der Waals surface area contributed by atoms with Gasteiger partial charge in [-0.05, 0) is 44.2 Å². The van der Waals surface area contributed by atoms with Crippen LogP contribution in [0.3, 0.4) is 0 Å². The van der Waals surface area contributed by atoms with E-state index in [0.29, 0.717) is 17.2 Å². The normalized spacial score (nSPS) is 10.8. The molecule has 4 rings (SSSR count). The molecule has 1 amide bonds. The molecule has 2 heterocycles. The first-order chi connectivity index (χ1) is 14.6. The van der Waals surface area contributed by atoms with Gasteiger partial charge in [-0.1, -0.05) is 17.7 Å². The Labute approximate surface area is 174 Å². The van der Waals surface area contributed by atoms with Crippen LogP contribution in [-0.4, -0.2) is 27.5 Å². The molecule has 0 aliphatic rings. The summed E-state index contributed by atoms with van der Waals surface area (Å²) in [6.07, 6.45) is 1.55. The van der Waals surface area contributed by atoms with E-state index in [-0.39, 0.29) is 5.91 Å². The Morgan fingerprint density at radius 3 is 2.57 bits per heavy atom. The lowest BCUT2D eigenvalue weighted by atomic mass is 10.2. The second-order valence-electron chi connectivity index (χ2n) is 6.88.